The van der Waals surface area contributed by atoms with Crippen molar-refractivity contribution >= 4 is 21.8 Å². The van der Waals surface area contributed by atoms with Crippen molar-refractivity contribution in [3.63, 3.8) is 0 Å². The molecular weight excluding hydrogens is 366 g/mol. The molecule has 0 atom stereocenters. The van der Waals surface area contributed by atoms with Gasteiger partial charge < -0.3 is 4.74 Å². The number of benzene rings is 2. The summed E-state index contributed by atoms with van der Waals surface area (Å²) in [6.45, 7) is 5.19. The summed E-state index contributed by atoms with van der Waals surface area (Å²) in [5.41, 5.74) is 2.43. The molecule has 27 heavy (non-hydrogen) atoms. The Hall–Kier alpha value is -2.51. The van der Waals surface area contributed by atoms with Gasteiger partial charge in [-0.2, -0.15) is 4.72 Å². The van der Waals surface area contributed by atoms with Gasteiger partial charge in [-0.05, 0) is 36.1 Å². The van der Waals surface area contributed by atoms with Gasteiger partial charge in [0, 0.05) is 5.56 Å². The van der Waals surface area contributed by atoms with Crippen molar-refractivity contribution in [2.45, 2.75) is 38.2 Å². The molecule has 0 saturated heterocycles. The van der Waals surface area contributed by atoms with Gasteiger partial charge >= 0.3 is 5.97 Å². The van der Waals surface area contributed by atoms with Gasteiger partial charge in [-0.3, -0.25) is 9.59 Å². The number of Topliss-reactive ketones (excluding diaryl/α,β-unsaturated/α-hetero) is 1. The minimum absolute atomic E-state index is 0.0235. The van der Waals surface area contributed by atoms with Gasteiger partial charge in [0.2, 0.25) is 10.0 Å². The van der Waals surface area contributed by atoms with Crippen LogP contribution in [0, 0.1) is 0 Å². The summed E-state index contributed by atoms with van der Waals surface area (Å²) in [6.07, 6.45) is 0. The van der Waals surface area contributed by atoms with Crippen LogP contribution in [0.1, 0.15) is 48.2 Å². The Bertz CT molecular complexity index is 900. The third kappa shape index (κ3) is 6.01. The molecule has 0 aliphatic rings. The largest absolute Gasteiger partial charge is 0.460 e. The number of nitrogens with one attached hydrogen (secondary N) is 1. The third-order valence-electron chi connectivity index (χ3n) is 4.02. The summed E-state index contributed by atoms with van der Waals surface area (Å²) in [4.78, 5) is 23.0. The van der Waals surface area contributed by atoms with Crippen LogP contribution in [0.15, 0.2) is 53.4 Å². The van der Waals surface area contributed by atoms with Crippen LogP contribution in [0.5, 0.6) is 0 Å². The topological polar surface area (TPSA) is 89.5 Å². The Morgan fingerprint density at radius 3 is 2.11 bits per heavy atom. The van der Waals surface area contributed by atoms with Crippen molar-refractivity contribution in [3.8, 4) is 0 Å². The highest BCUT2D eigenvalue weighted by molar-refractivity contribution is 7.89. The second kappa shape index (κ2) is 8.92. The average molecular weight is 389 g/mol. The van der Waals surface area contributed by atoms with E-state index < -0.39 is 22.5 Å². The molecule has 0 spiro atoms. The van der Waals surface area contributed by atoms with Crippen molar-refractivity contribution in [3.05, 3.63) is 65.2 Å². The van der Waals surface area contributed by atoms with Crippen molar-refractivity contribution in [2.75, 3.05) is 6.54 Å². The predicted octanol–water partition coefficient (Wildman–Crippen LogP) is 3.03. The number of sulfonamides is 1. The van der Waals surface area contributed by atoms with E-state index >= 15 is 0 Å². The summed E-state index contributed by atoms with van der Waals surface area (Å²) in [5.74, 6) is -0.413. The van der Waals surface area contributed by atoms with Gasteiger partial charge in [-0.1, -0.05) is 50.2 Å². The van der Waals surface area contributed by atoms with Gasteiger partial charge in [0.25, 0.3) is 0 Å². The van der Waals surface area contributed by atoms with Crippen molar-refractivity contribution < 1.29 is 22.7 Å². The Balaban J connectivity index is 1.87. The van der Waals surface area contributed by atoms with E-state index in [4.69, 9.17) is 4.74 Å². The van der Waals surface area contributed by atoms with Gasteiger partial charge in [0.15, 0.2) is 5.78 Å². The number of carbonyl (C=O) groups is 2. The Morgan fingerprint density at radius 1 is 1.00 bits per heavy atom. The summed E-state index contributed by atoms with van der Waals surface area (Å²) >= 11 is 0. The first kappa shape index (κ1) is 20.8. The molecule has 6 nitrogen and oxygen atoms in total. The van der Waals surface area contributed by atoms with E-state index in [2.05, 4.69) is 18.6 Å². The second-order valence-electron chi connectivity index (χ2n) is 6.46. The highest BCUT2D eigenvalue weighted by Gasteiger charge is 2.16. The lowest BCUT2D eigenvalue weighted by Gasteiger charge is -2.09. The number of hydrogen-bond acceptors (Lipinski definition) is 5. The van der Waals surface area contributed by atoms with Gasteiger partial charge in [0.1, 0.15) is 13.2 Å². The van der Waals surface area contributed by atoms with Crippen LogP contribution in [-0.2, 0) is 26.2 Å². The number of esters is 1. The quantitative estimate of drug-likeness (QED) is 0.554. The highest BCUT2D eigenvalue weighted by atomic mass is 32.2. The molecule has 0 bridgehead atoms. The van der Waals surface area contributed by atoms with Gasteiger partial charge in [0.05, 0.1) is 4.90 Å². The number of rotatable bonds is 8. The lowest BCUT2D eigenvalue weighted by atomic mass is 10.0. The van der Waals surface area contributed by atoms with Crippen molar-refractivity contribution in [2.24, 2.45) is 0 Å². The van der Waals surface area contributed by atoms with Crippen LogP contribution in [0.3, 0.4) is 0 Å². The third-order valence-corrected chi connectivity index (χ3v) is 5.44. The Morgan fingerprint density at radius 2 is 1.59 bits per heavy atom. The number of hydrogen-bond donors (Lipinski definition) is 1. The molecule has 0 aliphatic heterocycles. The monoisotopic (exact) mass is 389 g/mol. The summed E-state index contributed by atoms with van der Waals surface area (Å²) in [5, 5.41) is 0. The maximum Gasteiger partial charge on any atom is 0.321 e. The summed E-state index contributed by atoms with van der Waals surface area (Å²) in [7, 11) is -3.86. The second-order valence-corrected chi connectivity index (χ2v) is 8.23. The summed E-state index contributed by atoms with van der Waals surface area (Å²) < 4.78 is 31.7. The molecule has 0 heterocycles. The van der Waals surface area contributed by atoms with E-state index in [9.17, 15) is 18.0 Å². The van der Waals surface area contributed by atoms with Crippen LogP contribution in [0.4, 0.5) is 0 Å². The predicted molar refractivity (Wildman–Crippen MR) is 102 cm³/mol. The fourth-order valence-electron chi connectivity index (χ4n) is 2.32. The zero-order chi connectivity index (χ0) is 20.0. The maximum atomic E-state index is 12.2. The highest BCUT2D eigenvalue weighted by Crippen LogP contribution is 2.15. The normalized spacial score (nSPS) is 11.4. The van der Waals surface area contributed by atoms with E-state index in [1.165, 1.54) is 36.8 Å². The van der Waals surface area contributed by atoms with E-state index in [1.807, 2.05) is 24.3 Å². The molecule has 0 saturated carbocycles. The summed E-state index contributed by atoms with van der Waals surface area (Å²) in [6, 6.07) is 13.2. The minimum atomic E-state index is -3.86. The molecule has 0 aliphatic carbocycles. The first-order valence-corrected chi connectivity index (χ1v) is 10.0. The lowest BCUT2D eigenvalue weighted by Crippen LogP contribution is -2.30. The zero-order valence-electron chi connectivity index (χ0n) is 15.6. The smallest absolute Gasteiger partial charge is 0.321 e. The molecular formula is C20H23NO5S. The molecule has 0 amide bonds. The SMILES string of the molecule is CC(=O)c1ccc(S(=O)(=O)NCC(=O)OCc2ccc(C(C)C)cc2)cc1. The molecule has 2 aromatic rings. The molecule has 0 unspecified atom stereocenters. The average Bonchev–Trinajstić information content (AvgIpc) is 2.65. The molecule has 2 aromatic carbocycles. The van der Waals surface area contributed by atoms with Crippen LogP contribution in [0.2, 0.25) is 0 Å². The Kier molecular flexibility index (Phi) is 6.87. The zero-order valence-corrected chi connectivity index (χ0v) is 16.4. The molecule has 0 aromatic heterocycles. The molecule has 7 heteroatoms. The number of ketones is 1. The molecule has 0 fully saturated rings. The van der Waals surface area contributed by atoms with E-state index in [1.54, 1.807) is 0 Å². The minimum Gasteiger partial charge on any atom is -0.460 e. The Labute approximate surface area is 159 Å². The standard InChI is InChI=1S/C20H23NO5S/c1-14(2)17-6-4-16(5-7-17)13-26-20(23)12-21-27(24,25)19-10-8-18(9-11-19)15(3)22/h4-11,14,21H,12-13H2,1-3H3. The molecule has 1 N–H and O–H groups in total. The van der Waals surface area contributed by atoms with E-state index in [-0.39, 0.29) is 17.3 Å². The fraction of sp³-hybridized carbons (Fsp3) is 0.300. The maximum absolute atomic E-state index is 12.2. The molecule has 2 rings (SSSR count). The first-order valence-electron chi connectivity index (χ1n) is 8.54. The van der Waals surface area contributed by atoms with Crippen molar-refractivity contribution in [1.29, 1.82) is 0 Å². The lowest BCUT2D eigenvalue weighted by molar-refractivity contribution is -0.143. The van der Waals surface area contributed by atoms with E-state index in [0.717, 1.165) is 5.56 Å². The van der Waals surface area contributed by atoms with Crippen molar-refractivity contribution in [1.82, 2.24) is 4.72 Å². The molecule has 0 radical (unpaired) electrons. The van der Waals surface area contributed by atoms with Crippen LogP contribution in [-0.4, -0.2) is 26.7 Å². The van der Waals surface area contributed by atoms with Gasteiger partial charge in [-0.25, -0.2) is 8.42 Å². The van der Waals surface area contributed by atoms with E-state index in [0.29, 0.717) is 11.5 Å². The molecule has 144 valence electrons. The number of ether oxygens (including phenoxy) is 1. The van der Waals surface area contributed by atoms with Crippen LogP contribution in [0.25, 0.3) is 0 Å². The van der Waals surface area contributed by atoms with Crippen LogP contribution >= 0.6 is 0 Å². The fourth-order valence-corrected chi connectivity index (χ4v) is 3.29. The van der Waals surface area contributed by atoms with Gasteiger partial charge in [-0.15, -0.1) is 0 Å². The first-order chi connectivity index (χ1) is 12.7. The number of carbonyl (C=O) groups excluding carboxylic acids is 2. The van der Waals surface area contributed by atoms with Crippen LogP contribution < -0.4 is 4.72 Å².